The summed E-state index contributed by atoms with van der Waals surface area (Å²) >= 11 is 0. The Kier molecular flexibility index (Phi) is 2.62. The van der Waals surface area contributed by atoms with Gasteiger partial charge in [0.15, 0.2) is 5.75 Å². The van der Waals surface area contributed by atoms with Crippen molar-refractivity contribution in [1.29, 1.82) is 0 Å². The van der Waals surface area contributed by atoms with Gasteiger partial charge < -0.3 is 15.9 Å². The van der Waals surface area contributed by atoms with E-state index in [1.807, 2.05) is 0 Å². The average Bonchev–Trinajstić information content (AvgIpc) is 2.04. The van der Waals surface area contributed by atoms with Crippen LogP contribution in [0.5, 0.6) is 11.5 Å². The van der Waals surface area contributed by atoms with Gasteiger partial charge >= 0.3 is 0 Å². The molecule has 13 heavy (non-hydrogen) atoms. The third-order valence-corrected chi connectivity index (χ3v) is 1.57. The number of hydrogen-bond donors (Lipinski definition) is 3. The summed E-state index contributed by atoms with van der Waals surface area (Å²) in [6, 6.07) is 0. The van der Waals surface area contributed by atoms with E-state index in [1.54, 1.807) is 0 Å². The van der Waals surface area contributed by atoms with Crippen LogP contribution >= 0.6 is 0 Å². The maximum Gasteiger partial charge on any atom is 0.284 e. The highest BCUT2D eigenvalue weighted by molar-refractivity contribution is 5.44. The smallest absolute Gasteiger partial charge is 0.284 e. The Labute approximate surface area is 72.6 Å². The van der Waals surface area contributed by atoms with Crippen LogP contribution in [-0.4, -0.2) is 15.2 Å². The van der Waals surface area contributed by atoms with E-state index in [0.29, 0.717) is 0 Å². The number of alkyl halides is 2. The molecular weight excluding hydrogens is 182 g/mol. The molecule has 0 saturated carbocycles. The van der Waals surface area contributed by atoms with Crippen molar-refractivity contribution in [3.05, 3.63) is 17.5 Å². The highest BCUT2D eigenvalue weighted by Crippen LogP contribution is 2.33. The minimum Gasteiger partial charge on any atom is -0.506 e. The van der Waals surface area contributed by atoms with E-state index in [1.165, 1.54) is 0 Å². The molecule has 0 aliphatic carbocycles. The Morgan fingerprint density at radius 3 is 2.54 bits per heavy atom. The summed E-state index contributed by atoms with van der Waals surface area (Å²) in [5.41, 5.74) is 4.24. The first-order valence-corrected chi connectivity index (χ1v) is 3.45. The van der Waals surface area contributed by atoms with Gasteiger partial charge in [0.05, 0.1) is 11.8 Å². The number of hydrogen-bond acceptors (Lipinski definition) is 4. The molecule has 0 atom stereocenters. The Morgan fingerprint density at radius 1 is 1.46 bits per heavy atom. The first kappa shape index (κ1) is 9.66. The number of aromatic nitrogens is 1. The van der Waals surface area contributed by atoms with Crippen molar-refractivity contribution in [2.24, 2.45) is 5.73 Å². The quantitative estimate of drug-likeness (QED) is 0.647. The van der Waals surface area contributed by atoms with Crippen molar-refractivity contribution in [3.8, 4) is 11.5 Å². The summed E-state index contributed by atoms with van der Waals surface area (Å²) < 4.78 is 24.3. The van der Waals surface area contributed by atoms with Gasteiger partial charge in [-0.25, -0.2) is 13.8 Å². The van der Waals surface area contributed by atoms with Crippen molar-refractivity contribution in [1.82, 2.24) is 4.98 Å². The molecule has 0 radical (unpaired) electrons. The van der Waals surface area contributed by atoms with Gasteiger partial charge in [0.25, 0.3) is 6.43 Å². The molecule has 0 unspecified atom stereocenters. The molecule has 0 fully saturated rings. The molecule has 6 heteroatoms. The van der Waals surface area contributed by atoms with Crippen LogP contribution in [-0.2, 0) is 6.54 Å². The van der Waals surface area contributed by atoms with Crippen molar-refractivity contribution >= 4 is 0 Å². The van der Waals surface area contributed by atoms with Gasteiger partial charge in [-0.15, -0.1) is 0 Å². The zero-order valence-corrected chi connectivity index (χ0v) is 6.54. The van der Waals surface area contributed by atoms with E-state index in [0.717, 1.165) is 6.20 Å². The Hall–Kier alpha value is -1.43. The van der Waals surface area contributed by atoms with Crippen LogP contribution in [0.4, 0.5) is 8.78 Å². The second-order valence-electron chi connectivity index (χ2n) is 2.36. The lowest BCUT2D eigenvalue weighted by molar-refractivity contribution is 0.141. The first-order chi connectivity index (χ1) is 6.07. The molecule has 1 heterocycles. The molecule has 1 aromatic heterocycles. The summed E-state index contributed by atoms with van der Waals surface area (Å²) in [6.45, 7) is -0.222. The van der Waals surface area contributed by atoms with Gasteiger partial charge in [-0.05, 0) is 0 Å². The fourth-order valence-electron chi connectivity index (χ4n) is 0.907. The highest BCUT2D eigenvalue weighted by atomic mass is 19.3. The van der Waals surface area contributed by atoms with Crippen LogP contribution in [0.25, 0.3) is 0 Å². The third-order valence-electron chi connectivity index (χ3n) is 1.57. The second-order valence-corrected chi connectivity index (χ2v) is 2.36. The Bertz CT molecular complexity index is 318. The van der Waals surface area contributed by atoms with Gasteiger partial charge in [-0.1, -0.05) is 0 Å². The lowest BCUT2D eigenvalue weighted by atomic mass is 10.2. The van der Waals surface area contributed by atoms with E-state index in [4.69, 9.17) is 15.9 Å². The van der Waals surface area contributed by atoms with Crippen LogP contribution in [0.15, 0.2) is 6.20 Å². The fourth-order valence-corrected chi connectivity index (χ4v) is 0.907. The number of rotatable bonds is 2. The Morgan fingerprint density at radius 2 is 2.08 bits per heavy atom. The van der Waals surface area contributed by atoms with Gasteiger partial charge in [-0.2, -0.15) is 0 Å². The number of aromatic hydroxyl groups is 2. The SMILES string of the molecule is NCc1c(O)cnc(C(F)F)c1O. The first-order valence-electron chi connectivity index (χ1n) is 3.45. The van der Waals surface area contributed by atoms with Crippen LogP contribution in [0.1, 0.15) is 17.7 Å². The Balaban J connectivity index is 3.27. The summed E-state index contributed by atoms with van der Waals surface area (Å²) in [6.07, 6.45) is -2.05. The normalized spacial score (nSPS) is 10.8. The summed E-state index contributed by atoms with van der Waals surface area (Å²) in [5.74, 6) is -1.12. The molecule has 0 bridgehead atoms. The molecular formula is C7H8F2N2O2. The zero-order chi connectivity index (χ0) is 10.0. The molecule has 0 amide bonds. The average molecular weight is 190 g/mol. The van der Waals surface area contributed by atoms with Crippen molar-refractivity contribution < 1.29 is 19.0 Å². The van der Waals surface area contributed by atoms with Gasteiger partial charge in [0.2, 0.25) is 0 Å². The lowest BCUT2D eigenvalue weighted by Crippen LogP contribution is -2.01. The van der Waals surface area contributed by atoms with E-state index < -0.39 is 17.9 Å². The molecule has 72 valence electrons. The van der Waals surface area contributed by atoms with Crippen LogP contribution in [0, 0.1) is 0 Å². The highest BCUT2D eigenvalue weighted by Gasteiger charge is 2.19. The summed E-state index contributed by atoms with van der Waals surface area (Å²) in [5, 5.41) is 18.2. The summed E-state index contributed by atoms with van der Waals surface area (Å²) in [4.78, 5) is 3.18. The maximum atomic E-state index is 12.1. The number of nitrogens with two attached hydrogens (primary N) is 1. The van der Waals surface area contributed by atoms with Crippen molar-refractivity contribution in [3.63, 3.8) is 0 Å². The molecule has 0 aliphatic rings. The van der Waals surface area contributed by atoms with Crippen LogP contribution in [0.3, 0.4) is 0 Å². The lowest BCUT2D eigenvalue weighted by Gasteiger charge is -2.07. The molecule has 1 aromatic rings. The van der Waals surface area contributed by atoms with E-state index in [2.05, 4.69) is 4.98 Å². The second kappa shape index (κ2) is 3.53. The van der Waals surface area contributed by atoms with E-state index in [9.17, 15) is 8.78 Å². The summed E-state index contributed by atoms with van der Waals surface area (Å²) in [7, 11) is 0. The molecule has 4 nitrogen and oxygen atoms in total. The topological polar surface area (TPSA) is 79.4 Å². The molecule has 1 rings (SSSR count). The monoisotopic (exact) mass is 190 g/mol. The minimum absolute atomic E-state index is 0.120. The van der Waals surface area contributed by atoms with Crippen molar-refractivity contribution in [2.75, 3.05) is 0 Å². The molecule has 0 aliphatic heterocycles. The predicted molar refractivity (Wildman–Crippen MR) is 40.4 cm³/mol. The number of pyridine rings is 1. The van der Waals surface area contributed by atoms with E-state index in [-0.39, 0.29) is 17.9 Å². The third kappa shape index (κ3) is 1.67. The van der Waals surface area contributed by atoms with Gasteiger partial charge in [0, 0.05) is 6.54 Å². The minimum atomic E-state index is -2.88. The standard InChI is InChI=1S/C7H8F2N2O2/c8-7(9)5-6(13)3(1-10)4(12)2-11-5/h2,7,12-13H,1,10H2. The van der Waals surface area contributed by atoms with Crippen LogP contribution in [0.2, 0.25) is 0 Å². The molecule has 4 N–H and O–H groups in total. The zero-order valence-electron chi connectivity index (χ0n) is 6.54. The largest absolute Gasteiger partial charge is 0.506 e. The molecule has 0 saturated heterocycles. The molecule has 0 aromatic carbocycles. The predicted octanol–water partition coefficient (Wildman–Crippen LogP) is 0.889. The van der Waals surface area contributed by atoms with E-state index >= 15 is 0 Å². The van der Waals surface area contributed by atoms with Crippen LogP contribution < -0.4 is 5.73 Å². The van der Waals surface area contributed by atoms with Gasteiger partial charge in [-0.3, -0.25) is 0 Å². The van der Waals surface area contributed by atoms with Gasteiger partial charge in [0.1, 0.15) is 11.4 Å². The van der Waals surface area contributed by atoms with Crippen molar-refractivity contribution in [2.45, 2.75) is 13.0 Å². The fraction of sp³-hybridized carbons (Fsp3) is 0.286. The maximum absolute atomic E-state index is 12.1. The molecule has 0 spiro atoms. The number of halogens is 2. The number of nitrogens with zero attached hydrogens (tertiary/aromatic N) is 1.